The van der Waals surface area contributed by atoms with Gasteiger partial charge in [-0.3, -0.25) is 0 Å². The monoisotopic (exact) mass is 176 g/mol. The van der Waals surface area contributed by atoms with E-state index < -0.39 is 12.2 Å². The third-order valence-corrected chi connectivity index (χ3v) is 1.76. The van der Waals surface area contributed by atoms with Crippen LogP contribution in [-0.2, 0) is 4.74 Å². The van der Waals surface area contributed by atoms with Gasteiger partial charge in [0.2, 0.25) is 0 Å². The van der Waals surface area contributed by atoms with E-state index in [0.29, 0.717) is 0 Å². The molecule has 0 aliphatic carbocycles. The van der Waals surface area contributed by atoms with Crippen LogP contribution in [0.15, 0.2) is 0 Å². The van der Waals surface area contributed by atoms with Gasteiger partial charge in [0, 0.05) is 0 Å². The molecule has 0 aromatic heterocycles. The summed E-state index contributed by atoms with van der Waals surface area (Å²) in [6, 6.07) is 0. The molecule has 0 aromatic carbocycles. The van der Waals surface area contributed by atoms with Crippen LogP contribution in [-0.4, -0.2) is 35.1 Å². The summed E-state index contributed by atoms with van der Waals surface area (Å²) in [6.45, 7) is 7.63. The Kier molecular flexibility index (Phi) is 5.46. The zero-order chi connectivity index (χ0) is 9.72. The number of rotatable bonds is 5. The van der Waals surface area contributed by atoms with Gasteiger partial charge in [-0.25, -0.2) is 0 Å². The molecule has 0 amide bonds. The second kappa shape index (κ2) is 5.51. The van der Waals surface area contributed by atoms with Gasteiger partial charge in [0.05, 0.1) is 24.9 Å². The van der Waals surface area contributed by atoms with E-state index in [0.717, 1.165) is 0 Å². The first kappa shape index (κ1) is 11.9. The van der Waals surface area contributed by atoms with Gasteiger partial charge >= 0.3 is 0 Å². The molecular weight excluding hydrogens is 156 g/mol. The predicted octanol–water partition coefficient (Wildman–Crippen LogP) is 0.789. The van der Waals surface area contributed by atoms with E-state index in [1.54, 1.807) is 6.92 Å². The maximum absolute atomic E-state index is 9.50. The summed E-state index contributed by atoms with van der Waals surface area (Å²) < 4.78 is 5.23. The summed E-state index contributed by atoms with van der Waals surface area (Å²) in [5, 5.41) is 18.4. The maximum atomic E-state index is 9.50. The quantitative estimate of drug-likeness (QED) is 0.651. The van der Waals surface area contributed by atoms with Crippen molar-refractivity contribution in [3.63, 3.8) is 0 Å². The summed E-state index contributed by atoms with van der Waals surface area (Å²) in [6.07, 6.45) is -1.13. The standard InChI is InChI=1S/C9H20O3/c1-6(2)9(11)8(4)12-5-7(3)10/h6-11H,5H2,1-4H3. The minimum absolute atomic E-state index is 0.189. The lowest BCUT2D eigenvalue weighted by Crippen LogP contribution is -2.32. The van der Waals surface area contributed by atoms with E-state index in [-0.39, 0.29) is 18.6 Å². The molecule has 3 atom stereocenters. The smallest absolute Gasteiger partial charge is 0.0821 e. The highest BCUT2D eigenvalue weighted by Crippen LogP contribution is 2.09. The molecule has 0 heterocycles. The summed E-state index contributed by atoms with van der Waals surface area (Å²) in [5.41, 5.74) is 0. The first-order valence-electron chi connectivity index (χ1n) is 4.43. The second-order valence-corrected chi connectivity index (χ2v) is 3.62. The third-order valence-electron chi connectivity index (χ3n) is 1.76. The van der Waals surface area contributed by atoms with Crippen molar-refractivity contribution in [2.75, 3.05) is 6.61 Å². The van der Waals surface area contributed by atoms with Gasteiger partial charge in [0.25, 0.3) is 0 Å². The number of hydrogen-bond donors (Lipinski definition) is 2. The molecule has 0 aromatic rings. The molecule has 0 saturated carbocycles. The van der Waals surface area contributed by atoms with E-state index in [9.17, 15) is 5.11 Å². The van der Waals surface area contributed by atoms with Crippen molar-refractivity contribution in [3.8, 4) is 0 Å². The highest BCUT2D eigenvalue weighted by atomic mass is 16.5. The normalized spacial score (nSPS) is 19.2. The van der Waals surface area contributed by atoms with Crippen molar-refractivity contribution in [2.24, 2.45) is 5.92 Å². The zero-order valence-electron chi connectivity index (χ0n) is 8.32. The van der Waals surface area contributed by atoms with Crippen LogP contribution in [0.2, 0.25) is 0 Å². The first-order valence-corrected chi connectivity index (χ1v) is 4.43. The van der Waals surface area contributed by atoms with Crippen LogP contribution in [0.25, 0.3) is 0 Å². The van der Waals surface area contributed by atoms with Crippen LogP contribution >= 0.6 is 0 Å². The van der Waals surface area contributed by atoms with Gasteiger partial charge < -0.3 is 14.9 Å². The molecule has 0 rings (SSSR count). The second-order valence-electron chi connectivity index (χ2n) is 3.62. The van der Waals surface area contributed by atoms with E-state index >= 15 is 0 Å². The van der Waals surface area contributed by atoms with Gasteiger partial charge in [-0.1, -0.05) is 13.8 Å². The fraction of sp³-hybridized carbons (Fsp3) is 1.00. The van der Waals surface area contributed by atoms with Crippen molar-refractivity contribution >= 4 is 0 Å². The molecule has 3 unspecified atom stereocenters. The van der Waals surface area contributed by atoms with Crippen LogP contribution in [0.3, 0.4) is 0 Å². The molecule has 0 aliphatic heterocycles. The van der Waals surface area contributed by atoms with Gasteiger partial charge in [-0.2, -0.15) is 0 Å². The molecule has 3 heteroatoms. The average molecular weight is 176 g/mol. The van der Waals surface area contributed by atoms with Crippen molar-refractivity contribution in [1.82, 2.24) is 0 Å². The molecule has 0 fully saturated rings. The Balaban J connectivity index is 3.64. The number of aliphatic hydroxyl groups is 2. The first-order chi connectivity index (χ1) is 5.45. The van der Waals surface area contributed by atoms with Crippen molar-refractivity contribution < 1.29 is 14.9 Å². The molecular formula is C9H20O3. The van der Waals surface area contributed by atoms with Gasteiger partial charge in [0.1, 0.15) is 0 Å². The van der Waals surface area contributed by atoms with Gasteiger partial charge in [0.15, 0.2) is 0 Å². The Morgan fingerprint density at radius 3 is 1.92 bits per heavy atom. The lowest BCUT2D eigenvalue weighted by Gasteiger charge is -2.22. The van der Waals surface area contributed by atoms with E-state index in [1.165, 1.54) is 0 Å². The van der Waals surface area contributed by atoms with Gasteiger partial charge in [-0.05, 0) is 19.8 Å². The van der Waals surface area contributed by atoms with Crippen LogP contribution < -0.4 is 0 Å². The summed E-state index contributed by atoms with van der Waals surface area (Å²) in [4.78, 5) is 0. The molecule has 0 saturated heterocycles. The summed E-state index contributed by atoms with van der Waals surface area (Å²) in [5.74, 6) is 0.189. The molecule has 74 valence electrons. The Labute approximate surface area is 74.4 Å². The fourth-order valence-corrected chi connectivity index (χ4v) is 0.932. The molecule has 0 radical (unpaired) electrons. The van der Waals surface area contributed by atoms with E-state index in [2.05, 4.69) is 0 Å². The van der Waals surface area contributed by atoms with Crippen LogP contribution in [0.5, 0.6) is 0 Å². The Morgan fingerprint density at radius 2 is 1.58 bits per heavy atom. The fourth-order valence-electron chi connectivity index (χ4n) is 0.932. The topological polar surface area (TPSA) is 49.7 Å². The summed E-state index contributed by atoms with van der Waals surface area (Å²) in [7, 11) is 0. The number of hydrogen-bond acceptors (Lipinski definition) is 3. The van der Waals surface area contributed by atoms with Crippen LogP contribution in [0.1, 0.15) is 27.7 Å². The minimum atomic E-state index is -0.466. The molecule has 12 heavy (non-hydrogen) atoms. The minimum Gasteiger partial charge on any atom is -0.391 e. The Bertz CT molecular complexity index is 112. The molecule has 0 aliphatic rings. The molecule has 3 nitrogen and oxygen atoms in total. The number of aliphatic hydroxyl groups excluding tert-OH is 2. The van der Waals surface area contributed by atoms with Gasteiger partial charge in [-0.15, -0.1) is 0 Å². The zero-order valence-corrected chi connectivity index (χ0v) is 8.32. The third kappa shape index (κ3) is 4.70. The molecule has 0 bridgehead atoms. The highest BCUT2D eigenvalue weighted by molar-refractivity contribution is 4.67. The lowest BCUT2D eigenvalue weighted by molar-refractivity contribution is -0.0682. The van der Waals surface area contributed by atoms with Crippen molar-refractivity contribution in [1.29, 1.82) is 0 Å². The highest BCUT2D eigenvalue weighted by Gasteiger charge is 2.18. The van der Waals surface area contributed by atoms with Crippen LogP contribution in [0.4, 0.5) is 0 Å². The largest absolute Gasteiger partial charge is 0.391 e. The van der Waals surface area contributed by atoms with Crippen molar-refractivity contribution in [2.45, 2.75) is 46.0 Å². The summed E-state index contributed by atoms with van der Waals surface area (Å²) >= 11 is 0. The number of ether oxygens (including phenoxy) is 1. The maximum Gasteiger partial charge on any atom is 0.0821 e. The van der Waals surface area contributed by atoms with Crippen molar-refractivity contribution in [3.05, 3.63) is 0 Å². The molecule has 2 N–H and O–H groups in total. The Morgan fingerprint density at radius 1 is 1.08 bits per heavy atom. The van der Waals surface area contributed by atoms with E-state index in [4.69, 9.17) is 9.84 Å². The lowest BCUT2D eigenvalue weighted by atomic mass is 10.0. The Hall–Kier alpha value is -0.120. The van der Waals surface area contributed by atoms with Crippen LogP contribution in [0, 0.1) is 5.92 Å². The van der Waals surface area contributed by atoms with E-state index in [1.807, 2.05) is 20.8 Å². The SMILES string of the molecule is CC(O)COC(C)C(O)C(C)C. The predicted molar refractivity (Wildman–Crippen MR) is 47.9 cm³/mol. The molecule has 0 spiro atoms. The average Bonchev–Trinajstić information content (AvgIpc) is 1.98.